The van der Waals surface area contributed by atoms with E-state index >= 15 is 0 Å². The zero-order valence-corrected chi connectivity index (χ0v) is 10.7. The van der Waals surface area contributed by atoms with E-state index in [1.165, 1.54) is 0 Å². The van der Waals surface area contributed by atoms with Crippen molar-refractivity contribution >= 4 is 17.5 Å². The fourth-order valence-electron chi connectivity index (χ4n) is 2.01. The van der Waals surface area contributed by atoms with Crippen LogP contribution in [0.2, 0.25) is 5.02 Å². The Morgan fingerprint density at radius 2 is 2.35 bits per heavy atom. The lowest BCUT2D eigenvalue weighted by atomic mass is 10.3. The molecule has 0 saturated heterocycles. The van der Waals surface area contributed by atoms with Gasteiger partial charge < -0.3 is 14.6 Å². The number of aryl methyl sites for hydroxylation is 1. The van der Waals surface area contributed by atoms with E-state index in [1.54, 1.807) is 17.2 Å². The molecular formula is C12H17ClN2O2. The predicted octanol–water partition coefficient (Wildman–Crippen LogP) is 1.76. The van der Waals surface area contributed by atoms with Crippen molar-refractivity contribution in [3.8, 4) is 0 Å². The van der Waals surface area contributed by atoms with Gasteiger partial charge in [-0.2, -0.15) is 0 Å². The Morgan fingerprint density at radius 1 is 1.65 bits per heavy atom. The van der Waals surface area contributed by atoms with Gasteiger partial charge >= 0.3 is 0 Å². The maximum Gasteiger partial charge on any atom is 0.270 e. The van der Waals surface area contributed by atoms with Crippen LogP contribution in [0.5, 0.6) is 0 Å². The molecule has 0 unspecified atom stereocenters. The third-order valence-electron chi connectivity index (χ3n) is 3.01. The lowest BCUT2D eigenvalue weighted by Crippen LogP contribution is -2.36. The van der Waals surface area contributed by atoms with Gasteiger partial charge in [0.25, 0.3) is 5.91 Å². The highest BCUT2D eigenvalue weighted by molar-refractivity contribution is 6.31. The van der Waals surface area contributed by atoms with Gasteiger partial charge in [0.2, 0.25) is 0 Å². The van der Waals surface area contributed by atoms with Gasteiger partial charge in [-0.3, -0.25) is 4.79 Å². The van der Waals surface area contributed by atoms with Gasteiger partial charge in [0.1, 0.15) is 5.69 Å². The number of hydrogen-bond donors (Lipinski definition) is 1. The molecule has 0 atom stereocenters. The topological polar surface area (TPSA) is 45.5 Å². The van der Waals surface area contributed by atoms with Crippen LogP contribution in [0.3, 0.4) is 0 Å². The largest absolute Gasteiger partial charge is 0.395 e. The zero-order chi connectivity index (χ0) is 12.4. The van der Waals surface area contributed by atoms with E-state index in [2.05, 4.69) is 0 Å². The van der Waals surface area contributed by atoms with Crippen molar-refractivity contribution in [2.75, 3.05) is 13.2 Å². The van der Waals surface area contributed by atoms with Gasteiger partial charge in [0.15, 0.2) is 0 Å². The Kier molecular flexibility index (Phi) is 3.74. The van der Waals surface area contributed by atoms with Crippen molar-refractivity contribution in [3.63, 3.8) is 0 Å². The summed E-state index contributed by atoms with van der Waals surface area (Å²) in [6, 6.07) is 1.99. The number of halogens is 1. The lowest BCUT2D eigenvalue weighted by molar-refractivity contribution is 0.0697. The Morgan fingerprint density at radius 3 is 2.88 bits per heavy atom. The third-order valence-corrected chi connectivity index (χ3v) is 3.22. The van der Waals surface area contributed by atoms with Crippen LogP contribution in [0.15, 0.2) is 12.3 Å². The minimum atomic E-state index is -0.0321. The van der Waals surface area contributed by atoms with E-state index in [9.17, 15) is 4.79 Å². The molecule has 0 aromatic carbocycles. The number of amides is 1. The molecule has 17 heavy (non-hydrogen) atoms. The van der Waals surface area contributed by atoms with Crippen molar-refractivity contribution in [3.05, 3.63) is 23.0 Å². The Balaban J connectivity index is 2.21. The van der Waals surface area contributed by atoms with Gasteiger partial charge in [-0.05, 0) is 25.8 Å². The fraction of sp³-hybridized carbons (Fsp3) is 0.583. The average Bonchev–Trinajstić information content (AvgIpc) is 3.08. The van der Waals surface area contributed by atoms with Gasteiger partial charge in [-0.1, -0.05) is 11.6 Å². The number of aliphatic hydroxyl groups is 1. The number of nitrogens with zero attached hydrogens (tertiary/aromatic N) is 2. The molecule has 94 valence electrons. The molecule has 0 radical (unpaired) electrons. The molecule has 1 N–H and O–H groups in total. The van der Waals surface area contributed by atoms with Gasteiger partial charge in [-0.15, -0.1) is 0 Å². The summed E-state index contributed by atoms with van der Waals surface area (Å²) in [6.45, 7) is 3.09. The number of carbonyl (C=O) groups excluding carboxylic acids is 1. The second kappa shape index (κ2) is 5.10. The van der Waals surface area contributed by atoms with Crippen molar-refractivity contribution < 1.29 is 9.90 Å². The van der Waals surface area contributed by atoms with Crippen molar-refractivity contribution in [2.24, 2.45) is 0 Å². The molecule has 1 aromatic heterocycles. The molecule has 2 rings (SSSR count). The second-order valence-electron chi connectivity index (χ2n) is 4.28. The summed E-state index contributed by atoms with van der Waals surface area (Å²) < 4.78 is 1.84. The van der Waals surface area contributed by atoms with Gasteiger partial charge in [-0.25, -0.2) is 0 Å². The quantitative estimate of drug-likeness (QED) is 0.873. The van der Waals surface area contributed by atoms with E-state index in [1.807, 2.05) is 11.5 Å². The minimum absolute atomic E-state index is 0.00278. The van der Waals surface area contributed by atoms with Gasteiger partial charge in [0.05, 0.1) is 11.6 Å². The van der Waals surface area contributed by atoms with Crippen molar-refractivity contribution in [2.45, 2.75) is 32.4 Å². The van der Waals surface area contributed by atoms with E-state index in [4.69, 9.17) is 16.7 Å². The highest BCUT2D eigenvalue weighted by atomic mass is 35.5. The molecule has 1 heterocycles. The van der Waals surface area contributed by atoms with Crippen LogP contribution in [0, 0.1) is 0 Å². The SMILES string of the molecule is CCn1cc(Cl)cc1C(=O)N(CCO)C1CC1. The summed E-state index contributed by atoms with van der Waals surface area (Å²) >= 11 is 5.92. The Labute approximate surface area is 106 Å². The molecular weight excluding hydrogens is 240 g/mol. The van der Waals surface area contributed by atoms with Crippen LogP contribution in [0.25, 0.3) is 0 Å². The van der Waals surface area contributed by atoms with E-state index in [-0.39, 0.29) is 12.5 Å². The van der Waals surface area contributed by atoms with Crippen LogP contribution >= 0.6 is 11.6 Å². The molecule has 1 aromatic rings. The third kappa shape index (κ3) is 2.64. The van der Waals surface area contributed by atoms with Crippen LogP contribution in [-0.2, 0) is 6.54 Å². The monoisotopic (exact) mass is 256 g/mol. The standard InChI is InChI=1S/C12H17ClN2O2/c1-2-14-8-9(13)7-11(14)12(17)15(5-6-16)10-3-4-10/h7-8,10,16H,2-6H2,1H3. The smallest absolute Gasteiger partial charge is 0.270 e. The first-order valence-corrected chi connectivity index (χ1v) is 6.32. The predicted molar refractivity (Wildman–Crippen MR) is 66.3 cm³/mol. The highest BCUT2D eigenvalue weighted by Crippen LogP contribution is 2.28. The van der Waals surface area contributed by atoms with E-state index in [0.29, 0.717) is 29.8 Å². The maximum atomic E-state index is 12.3. The maximum absolute atomic E-state index is 12.3. The summed E-state index contributed by atoms with van der Waals surface area (Å²) in [4.78, 5) is 14.1. The van der Waals surface area contributed by atoms with E-state index in [0.717, 1.165) is 12.8 Å². The molecule has 1 aliphatic carbocycles. The fourth-order valence-corrected chi connectivity index (χ4v) is 2.23. The van der Waals surface area contributed by atoms with Gasteiger partial charge in [0, 0.05) is 25.3 Å². The summed E-state index contributed by atoms with van der Waals surface area (Å²) in [5, 5.41) is 9.59. The second-order valence-corrected chi connectivity index (χ2v) is 4.72. The summed E-state index contributed by atoms with van der Waals surface area (Å²) in [5.41, 5.74) is 0.609. The normalized spacial score (nSPS) is 15.0. The molecule has 0 spiro atoms. The minimum Gasteiger partial charge on any atom is -0.395 e. The summed E-state index contributed by atoms with van der Waals surface area (Å²) in [5.74, 6) is -0.0321. The Hall–Kier alpha value is -1.00. The van der Waals surface area contributed by atoms with Crippen LogP contribution in [0.1, 0.15) is 30.3 Å². The van der Waals surface area contributed by atoms with Crippen molar-refractivity contribution in [1.29, 1.82) is 0 Å². The van der Waals surface area contributed by atoms with Crippen LogP contribution in [0.4, 0.5) is 0 Å². The number of rotatable bonds is 5. The molecule has 5 heteroatoms. The molecule has 1 amide bonds. The van der Waals surface area contributed by atoms with Crippen LogP contribution in [-0.4, -0.2) is 39.7 Å². The number of carbonyl (C=O) groups is 1. The summed E-state index contributed by atoms with van der Waals surface area (Å²) in [7, 11) is 0. The number of hydrogen-bond acceptors (Lipinski definition) is 2. The molecule has 0 aliphatic heterocycles. The highest BCUT2D eigenvalue weighted by Gasteiger charge is 2.33. The molecule has 1 aliphatic rings. The first-order chi connectivity index (χ1) is 8.17. The van der Waals surface area contributed by atoms with Crippen molar-refractivity contribution in [1.82, 2.24) is 9.47 Å². The molecule has 1 fully saturated rings. The molecule has 4 nitrogen and oxygen atoms in total. The lowest BCUT2D eigenvalue weighted by Gasteiger charge is -2.21. The molecule has 1 saturated carbocycles. The zero-order valence-electron chi connectivity index (χ0n) is 9.90. The first-order valence-electron chi connectivity index (χ1n) is 5.95. The first kappa shape index (κ1) is 12.5. The average molecular weight is 257 g/mol. The van der Waals surface area contributed by atoms with Crippen LogP contribution < -0.4 is 0 Å². The number of aliphatic hydroxyl groups excluding tert-OH is 1. The number of aromatic nitrogens is 1. The van der Waals surface area contributed by atoms with E-state index < -0.39 is 0 Å². The summed E-state index contributed by atoms with van der Waals surface area (Å²) in [6.07, 6.45) is 3.83. The Bertz CT molecular complexity index is 413. The molecule has 0 bridgehead atoms.